The standard InChI is InChI=1S/C12H13ClFNO2.ClH/c1-12(2)6-17-11(16)15-10(12)7-4-3-5-8(14)9(7)13;/h3-5,10H,6H2,1-2H3,(H,15,16);1H/t10-;/m0./s1. The number of alkyl carbamates (subject to hydrolysis) is 1. The Hall–Kier alpha value is -1.00. The average molecular weight is 294 g/mol. The number of benzene rings is 1. The lowest BCUT2D eigenvalue weighted by atomic mass is 9.80. The topological polar surface area (TPSA) is 38.3 Å². The first-order valence-electron chi connectivity index (χ1n) is 5.29. The smallest absolute Gasteiger partial charge is 0.407 e. The second-order valence-corrected chi connectivity index (χ2v) is 5.16. The molecule has 0 radical (unpaired) electrons. The van der Waals surface area contributed by atoms with Gasteiger partial charge in [-0.1, -0.05) is 37.6 Å². The van der Waals surface area contributed by atoms with E-state index in [0.29, 0.717) is 5.56 Å². The van der Waals surface area contributed by atoms with Gasteiger partial charge in [0.05, 0.1) is 11.1 Å². The molecule has 0 unspecified atom stereocenters. The van der Waals surface area contributed by atoms with Crippen LogP contribution in [0.25, 0.3) is 0 Å². The van der Waals surface area contributed by atoms with Crippen LogP contribution in [0.2, 0.25) is 5.02 Å². The molecule has 1 aliphatic rings. The monoisotopic (exact) mass is 293 g/mol. The first-order valence-corrected chi connectivity index (χ1v) is 5.67. The van der Waals surface area contributed by atoms with Gasteiger partial charge in [-0.25, -0.2) is 9.18 Å². The van der Waals surface area contributed by atoms with Crippen LogP contribution in [0.15, 0.2) is 18.2 Å². The van der Waals surface area contributed by atoms with Gasteiger partial charge in [0, 0.05) is 5.41 Å². The molecular weight excluding hydrogens is 280 g/mol. The zero-order chi connectivity index (χ0) is 12.6. The van der Waals surface area contributed by atoms with E-state index in [9.17, 15) is 9.18 Å². The third kappa shape index (κ3) is 2.70. The Morgan fingerprint density at radius 3 is 2.83 bits per heavy atom. The van der Waals surface area contributed by atoms with E-state index in [1.54, 1.807) is 12.1 Å². The van der Waals surface area contributed by atoms with Crippen molar-refractivity contribution >= 4 is 30.1 Å². The summed E-state index contributed by atoms with van der Waals surface area (Å²) < 4.78 is 18.3. The molecule has 1 aliphatic heterocycles. The lowest BCUT2D eigenvalue weighted by molar-refractivity contribution is 0.0387. The molecule has 3 nitrogen and oxygen atoms in total. The summed E-state index contributed by atoms with van der Waals surface area (Å²) in [5.74, 6) is -0.485. The van der Waals surface area contributed by atoms with Gasteiger partial charge in [0.15, 0.2) is 0 Å². The molecule has 18 heavy (non-hydrogen) atoms. The van der Waals surface area contributed by atoms with Gasteiger partial charge in [-0.05, 0) is 11.6 Å². The largest absolute Gasteiger partial charge is 0.449 e. The van der Waals surface area contributed by atoms with Crippen LogP contribution in [0, 0.1) is 11.2 Å². The summed E-state index contributed by atoms with van der Waals surface area (Å²) >= 11 is 5.93. The number of rotatable bonds is 1. The lowest BCUT2D eigenvalue weighted by Gasteiger charge is -2.38. The molecule has 0 spiro atoms. The minimum absolute atomic E-state index is 0. The Balaban J connectivity index is 0.00000162. The summed E-state index contributed by atoms with van der Waals surface area (Å²) in [6.07, 6.45) is -0.505. The van der Waals surface area contributed by atoms with E-state index in [0.717, 1.165) is 0 Å². The molecule has 0 aromatic heterocycles. The Morgan fingerprint density at radius 2 is 2.17 bits per heavy atom. The summed E-state index contributed by atoms with van der Waals surface area (Å²) in [4.78, 5) is 11.3. The van der Waals surface area contributed by atoms with Crippen LogP contribution >= 0.6 is 24.0 Å². The van der Waals surface area contributed by atoms with Crippen molar-refractivity contribution in [2.75, 3.05) is 6.61 Å². The van der Waals surface area contributed by atoms with Crippen LogP contribution in [0.1, 0.15) is 25.5 Å². The fourth-order valence-electron chi connectivity index (χ4n) is 1.93. The summed E-state index contributed by atoms with van der Waals surface area (Å²) in [6.45, 7) is 4.13. The van der Waals surface area contributed by atoms with E-state index >= 15 is 0 Å². The highest BCUT2D eigenvalue weighted by molar-refractivity contribution is 6.31. The first kappa shape index (κ1) is 15.1. The number of carbonyl (C=O) groups is 1. The Morgan fingerprint density at radius 1 is 1.50 bits per heavy atom. The van der Waals surface area contributed by atoms with E-state index < -0.39 is 11.9 Å². The molecule has 1 fully saturated rings. The number of amides is 1. The van der Waals surface area contributed by atoms with Crippen LogP contribution in [0.3, 0.4) is 0 Å². The molecule has 6 heteroatoms. The zero-order valence-electron chi connectivity index (χ0n) is 10.00. The summed E-state index contributed by atoms with van der Waals surface area (Å²) in [6, 6.07) is 4.23. The van der Waals surface area contributed by atoms with Crippen LogP contribution < -0.4 is 5.32 Å². The maximum atomic E-state index is 13.4. The maximum absolute atomic E-state index is 13.4. The van der Waals surface area contributed by atoms with E-state index in [2.05, 4.69) is 5.32 Å². The normalized spacial score (nSPS) is 21.6. The van der Waals surface area contributed by atoms with Crippen LogP contribution in [-0.4, -0.2) is 12.7 Å². The molecular formula is C12H14Cl2FNO2. The zero-order valence-corrected chi connectivity index (χ0v) is 11.6. The van der Waals surface area contributed by atoms with E-state index in [4.69, 9.17) is 16.3 Å². The minimum atomic E-state index is -0.505. The molecule has 1 heterocycles. The Labute approximate surface area is 116 Å². The fraction of sp³-hybridized carbons (Fsp3) is 0.417. The third-order valence-electron chi connectivity index (χ3n) is 2.91. The van der Waals surface area contributed by atoms with Crippen LogP contribution in [-0.2, 0) is 4.74 Å². The van der Waals surface area contributed by atoms with Crippen molar-refractivity contribution in [3.05, 3.63) is 34.6 Å². The second-order valence-electron chi connectivity index (χ2n) is 4.79. The number of halogens is 3. The van der Waals surface area contributed by atoms with Gasteiger partial charge in [-0.2, -0.15) is 0 Å². The Kier molecular flexibility index (Phi) is 4.46. The number of ether oxygens (including phenoxy) is 1. The molecule has 0 saturated carbocycles. The second kappa shape index (κ2) is 5.33. The van der Waals surface area contributed by atoms with Gasteiger partial charge in [0.25, 0.3) is 0 Å². The van der Waals surface area contributed by atoms with E-state index in [-0.39, 0.29) is 35.5 Å². The highest BCUT2D eigenvalue weighted by Gasteiger charge is 2.39. The van der Waals surface area contributed by atoms with Gasteiger partial charge >= 0.3 is 6.09 Å². The molecule has 1 atom stereocenters. The first-order chi connectivity index (χ1) is 7.92. The number of nitrogens with one attached hydrogen (secondary N) is 1. The molecule has 0 bridgehead atoms. The Bertz CT molecular complexity index is 465. The van der Waals surface area contributed by atoms with Gasteiger partial charge in [0.1, 0.15) is 12.4 Å². The summed E-state index contributed by atoms with van der Waals surface area (Å²) in [5, 5.41) is 2.73. The lowest BCUT2D eigenvalue weighted by Crippen LogP contribution is -2.47. The number of hydrogen-bond acceptors (Lipinski definition) is 2. The maximum Gasteiger partial charge on any atom is 0.407 e. The van der Waals surface area contributed by atoms with Crippen molar-refractivity contribution in [3.63, 3.8) is 0 Å². The summed E-state index contributed by atoms with van der Waals surface area (Å²) in [7, 11) is 0. The minimum Gasteiger partial charge on any atom is -0.449 e. The average Bonchev–Trinajstić information content (AvgIpc) is 2.26. The third-order valence-corrected chi connectivity index (χ3v) is 3.31. The number of carbonyl (C=O) groups excluding carboxylic acids is 1. The van der Waals surface area contributed by atoms with Crippen molar-refractivity contribution in [1.29, 1.82) is 0 Å². The van der Waals surface area contributed by atoms with Gasteiger partial charge in [0.2, 0.25) is 0 Å². The number of cyclic esters (lactones) is 1. The molecule has 1 aromatic carbocycles. The molecule has 100 valence electrons. The van der Waals surface area contributed by atoms with E-state index in [1.165, 1.54) is 6.07 Å². The van der Waals surface area contributed by atoms with Gasteiger partial charge in [-0.3, -0.25) is 0 Å². The highest BCUT2D eigenvalue weighted by atomic mass is 35.5. The van der Waals surface area contributed by atoms with Crippen molar-refractivity contribution in [3.8, 4) is 0 Å². The molecule has 2 rings (SSSR count). The van der Waals surface area contributed by atoms with Crippen molar-refractivity contribution in [1.82, 2.24) is 5.32 Å². The molecule has 1 aromatic rings. The fourth-order valence-corrected chi connectivity index (χ4v) is 2.17. The molecule has 0 aliphatic carbocycles. The van der Waals surface area contributed by atoms with Gasteiger partial charge in [-0.15, -0.1) is 12.4 Å². The molecule has 1 amide bonds. The number of hydrogen-bond donors (Lipinski definition) is 1. The van der Waals surface area contributed by atoms with Crippen molar-refractivity contribution < 1.29 is 13.9 Å². The molecule has 1 saturated heterocycles. The predicted molar refractivity (Wildman–Crippen MR) is 69.7 cm³/mol. The molecule has 1 N–H and O–H groups in total. The summed E-state index contributed by atoms with van der Waals surface area (Å²) in [5.41, 5.74) is 0.235. The highest BCUT2D eigenvalue weighted by Crippen LogP contribution is 2.39. The van der Waals surface area contributed by atoms with Crippen molar-refractivity contribution in [2.24, 2.45) is 5.41 Å². The SMILES string of the molecule is CC1(C)COC(=O)N[C@H]1c1cccc(F)c1Cl.Cl. The van der Waals surface area contributed by atoms with E-state index in [1.807, 2.05) is 13.8 Å². The quantitative estimate of drug-likeness (QED) is 0.857. The predicted octanol–water partition coefficient (Wildman–Crippen LogP) is 3.71. The van der Waals surface area contributed by atoms with Gasteiger partial charge < -0.3 is 10.1 Å². The van der Waals surface area contributed by atoms with Crippen LogP contribution in [0.4, 0.5) is 9.18 Å². The van der Waals surface area contributed by atoms with Crippen molar-refractivity contribution in [2.45, 2.75) is 19.9 Å². The van der Waals surface area contributed by atoms with Crippen LogP contribution in [0.5, 0.6) is 0 Å².